The molecule has 1 saturated heterocycles. The van der Waals surface area contributed by atoms with Crippen LogP contribution in [0.1, 0.15) is 11.1 Å². The molecule has 0 radical (unpaired) electrons. The fraction of sp³-hybridized carbons (Fsp3) is 0.250. The van der Waals surface area contributed by atoms with E-state index in [-0.39, 0.29) is 23.7 Å². The molecular weight excluding hydrogens is 421 g/mol. The highest BCUT2D eigenvalue weighted by Crippen LogP contribution is 2.34. The van der Waals surface area contributed by atoms with Crippen LogP contribution >= 0.6 is 0 Å². The van der Waals surface area contributed by atoms with Crippen molar-refractivity contribution in [1.82, 2.24) is 4.31 Å². The summed E-state index contributed by atoms with van der Waals surface area (Å²) in [5, 5.41) is 2.21. The molecular formula is C20H19F3N2O4S. The molecule has 1 heterocycles. The zero-order chi connectivity index (χ0) is 21.8. The molecule has 0 aliphatic carbocycles. The third kappa shape index (κ3) is 5.26. The van der Waals surface area contributed by atoms with Crippen molar-refractivity contribution >= 4 is 27.7 Å². The first-order chi connectivity index (χ1) is 14.2. The lowest BCUT2D eigenvalue weighted by atomic mass is 10.1. The molecule has 30 heavy (non-hydrogen) atoms. The summed E-state index contributed by atoms with van der Waals surface area (Å²) in [7, 11) is -3.63. The van der Waals surface area contributed by atoms with E-state index in [1.54, 1.807) is 0 Å². The van der Waals surface area contributed by atoms with Crippen molar-refractivity contribution in [2.75, 3.05) is 31.6 Å². The van der Waals surface area contributed by atoms with Gasteiger partial charge in [0.15, 0.2) is 0 Å². The van der Waals surface area contributed by atoms with Gasteiger partial charge in [-0.1, -0.05) is 24.3 Å². The Morgan fingerprint density at radius 1 is 1.03 bits per heavy atom. The van der Waals surface area contributed by atoms with Gasteiger partial charge in [0.1, 0.15) is 0 Å². The Morgan fingerprint density at radius 3 is 2.30 bits per heavy atom. The monoisotopic (exact) mass is 440 g/mol. The van der Waals surface area contributed by atoms with E-state index >= 15 is 0 Å². The number of hydrogen-bond donors (Lipinski definition) is 1. The Bertz CT molecular complexity index is 1030. The van der Waals surface area contributed by atoms with E-state index in [2.05, 4.69) is 5.32 Å². The highest BCUT2D eigenvalue weighted by Gasteiger charge is 2.33. The van der Waals surface area contributed by atoms with E-state index in [9.17, 15) is 26.4 Å². The predicted molar refractivity (Wildman–Crippen MR) is 105 cm³/mol. The Hall–Kier alpha value is -2.69. The number of para-hydroxylation sites is 1. The first-order valence-electron chi connectivity index (χ1n) is 9.01. The summed E-state index contributed by atoms with van der Waals surface area (Å²) >= 11 is 0. The van der Waals surface area contributed by atoms with Gasteiger partial charge in [0.2, 0.25) is 15.9 Å². The summed E-state index contributed by atoms with van der Waals surface area (Å²) in [6.45, 7) is 1.24. The number of anilines is 1. The second kappa shape index (κ2) is 8.99. The number of amides is 1. The number of ether oxygens (including phenoxy) is 1. The van der Waals surface area contributed by atoms with Crippen LogP contribution in [0.3, 0.4) is 0 Å². The molecule has 0 unspecified atom stereocenters. The number of rotatable bonds is 5. The Kier molecular flexibility index (Phi) is 6.59. The molecule has 3 rings (SSSR count). The first kappa shape index (κ1) is 22.0. The standard InChI is InChI=1S/C20H19F3N2O4S/c21-20(22,23)17-3-1-2-4-18(17)24-19(26)10-7-15-5-8-16(9-6-15)30(27,28)25-11-13-29-14-12-25/h1-10H,11-14H2,(H,24,26)/b10-7+. The van der Waals surface area contributed by atoms with Gasteiger partial charge in [-0.2, -0.15) is 17.5 Å². The Morgan fingerprint density at radius 2 is 1.67 bits per heavy atom. The van der Waals surface area contributed by atoms with Crippen LogP contribution in [0.5, 0.6) is 0 Å². The van der Waals surface area contributed by atoms with E-state index in [0.29, 0.717) is 18.8 Å². The van der Waals surface area contributed by atoms with E-state index in [4.69, 9.17) is 4.74 Å². The molecule has 0 saturated carbocycles. The first-order valence-corrected chi connectivity index (χ1v) is 10.5. The van der Waals surface area contributed by atoms with Crippen molar-refractivity contribution < 1.29 is 31.1 Å². The fourth-order valence-corrected chi connectivity index (χ4v) is 4.28. The summed E-state index contributed by atoms with van der Waals surface area (Å²) < 4.78 is 70.6. The molecule has 1 fully saturated rings. The molecule has 1 N–H and O–H groups in total. The zero-order valence-electron chi connectivity index (χ0n) is 15.7. The summed E-state index contributed by atoms with van der Waals surface area (Å²) in [5.41, 5.74) is -0.758. The molecule has 1 aliphatic rings. The second-order valence-corrected chi connectivity index (χ2v) is 8.39. The number of halogens is 3. The minimum atomic E-state index is -4.59. The van der Waals surface area contributed by atoms with Gasteiger partial charge in [-0.05, 0) is 35.9 Å². The smallest absolute Gasteiger partial charge is 0.379 e. The van der Waals surface area contributed by atoms with Crippen LogP contribution in [-0.2, 0) is 25.7 Å². The van der Waals surface area contributed by atoms with Gasteiger partial charge in [0.05, 0.1) is 29.4 Å². The molecule has 0 bridgehead atoms. The summed E-state index contributed by atoms with van der Waals surface area (Å²) in [6, 6.07) is 10.5. The minimum Gasteiger partial charge on any atom is -0.379 e. The van der Waals surface area contributed by atoms with Crippen molar-refractivity contribution in [1.29, 1.82) is 0 Å². The number of benzene rings is 2. The predicted octanol–water partition coefficient (Wildman–Crippen LogP) is 3.38. The van der Waals surface area contributed by atoms with Gasteiger partial charge < -0.3 is 10.1 Å². The summed E-state index contributed by atoms with van der Waals surface area (Å²) in [6.07, 6.45) is -2.12. The molecule has 0 spiro atoms. The van der Waals surface area contributed by atoms with Crippen molar-refractivity contribution in [2.24, 2.45) is 0 Å². The van der Waals surface area contributed by atoms with Crippen LogP contribution in [0.15, 0.2) is 59.5 Å². The number of carbonyl (C=O) groups excluding carboxylic acids is 1. The molecule has 2 aromatic carbocycles. The van der Waals surface area contributed by atoms with Crippen LogP contribution in [0.2, 0.25) is 0 Å². The maximum Gasteiger partial charge on any atom is 0.418 e. The fourth-order valence-electron chi connectivity index (χ4n) is 2.87. The second-order valence-electron chi connectivity index (χ2n) is 6.45. The molecule has 6 nitrogen and oxygen atoms in total. The number of carbonyl (C=O) groups is 1. The van der Waals surface area contributed by atoms with E-state index in [1.807, 2.05) is 0 Å². The van der Waals surface area contributed by atoms with Crippen molar-refractivity contribution in [3.8, 4) is 0 Å². The topological polar surface area (TPSA) is 75.7 Å². The molecule has 160 valence electrons. The molecule has 1 aliphatic heterocycles. The quantitative estimate of drug-likeness (QED) is 0.724. The van der Waals surface area contributed by atoms with Gasteiger partial charge in [-0.15, -0.1) is 0 Å². The number of sulfonamides is 1. The van der Waals surface area contributed by atoms with Gasteiger partial charge in [0.25, 0.3) is 0 Å². The number of nitrogens with zero attached hydrogens (tertiary/aromatic N) is 1. The Labute approximate surface area is 172 Å². The third-order valence-electron chi connectivity index (χ3n) is 4.41. The highest BCUT2D eigenvalue weighted by atomic mass is 32.2. The van der Waals surface area contributed by atoms with Gasteiger partial charge in [-0.3, -0.25) is 4.79 Å². The SMILES string of the molecule is O=C(/C=C/c1ccc(S(=O)(=O)N2CCOCC2)cc1)Nc1ccccc1C(F)(F)F. The lowest BCUT2D eigenvalue weighted by Gasteiger charge is -2.26. The zero-order valence-corrected chi connectivity index (χ0v) is 16.5. The molecule has 10 heteroatoms. The molecule has 1 amide bonds. The van der Waals surface area contributed by atoms with Gasteiger partial charge in [-0.25, -0.2) is 8.42 Å². The average molecular weight is 440 g/mol. The maximum absolute atomic E-state index is 13.0. The number of alkyl halides is 3. The number of hydrogen-bond acceptors (Lipinski definition) is 4. The van der Waals surface area contributed by atoms with Crippen molar-refractivity contribution in [2.45, 2.75) is 11.1 Å². The molecule has 2 aromatic rings. The molecule has 0 aromatic heterocycles. The van der Waals surface area contributed by atoms with E-state index in [0.717, 1.165) is 12.1 Å². The lowest BCUT2D eigenvalue weighted by Crippen LogP contribution is -2.40. The van der Waals surface area contributed by atoms with Gasteiger partial charge in [0, 0.05) is 19.2 Å². The van der Waals surface area contributed by atoms with Gasteiger partial charge >= 0.3 is 6.18 Å². The van der Waals surface area contributed by atoms with Crippen LogP contribution in [0.4, 0.5) is 18.9 Å². The van der Waals surface area contributed by atoms with Crippen molar-refractivity contribution in [3.63, 3.8) is 0 Å². The Balaban J connectivity index is 1.68. The normalized spacial score (nSPS) is 16.0. The van der Waals surface area contributed by atoms with Crippen molar-refractivity contribution in [3.05, 3.63) is 65.7 Å². The number of morpholine rings is 1. The lowest BCUT2D eigenvalue weighted by molar-refractivity contribution is -0.137. The van der Waals surface area contributed by atoms with E-state index in [1.165, 1.54) is 52.8 Å². The minimum absolute atomic E-state index is 0.116. The largest absolute Gasteiger partial charge is 0.418 e. The van der Waals surface area contributed by atoms with E-state index < -0.39 is 27.7 Å². The maximum atomic E-state index is 13.0. The average Bonchev–Trinajstić information content (AvgIpc) is 2.73. The summed E-state index contributed by atoms with van der Waals surface area (Å²) in [5.74, 6) is -0.739. The number of nitrogens with one attached hydrogen (secondary N) is 1. The van der Waals surface area contributed by atoms with Crippen LogP contribution in [-0.4, -0.2) is 44.9 Å². The van der Waals surface area contributed by atoms with Crippen LogP contribution in [0.25, 0.3) is 6.08 Å². The summed E-state index contributed by atoms with van der Waals surface area (Å²) in [4.78, 5) is 12.1. The third-order valence-corrected chi connectivity index (χ3v) is 6.32. The van der Waals surface area contributed by atoms with Crippen LogP contribution < -0.4 is 5.32 Å². The highest BCUT2D eigenvalue weighted by molar-refractivity contribution is 7.89. The molecule has 0 atom stereocenters. The van der Waals surface area contributed by atoms with Crippen LogP contribution in [0, 0.1) is 0 Å².